The third-order valence-corrected chi connectivity index (χ3v) is 7.49. The Morgan fingerprint density at radius 2 is 1.50 bits per heavy atom. The molecule has 38 heavy (non-hydrogen) atoms. The molecule has 198 valence electrons. The quantitative estimate of drug-likeness (QED) is 0.242. The van der Waals surface area contributed by atoms with Crippen molar-refractivity contribution in [3.05, 3.63) is 98.6 Å². The smallest absolute Gasteiger partial charge is 0.418 e. The van der Waals surface area contributed by atoms with Crippen LogP contribution in [-0.4, -0.2) is 30.1 Å². The van der Waals surface area contributed by atoms with E-state index >= 15 is 0 Å². The Morgan fingerprint density at radius 3 is 2.00 bits per heavy atom. The normalized spacial score (nSPS) is 12.3. The summed E-state index contributed by atoms with van der Waals surface area (Å²) in [6, 6.07) is 16.2. The Morgan fingerprint density at radius 1 is 0.947 bits per heavy atom. The van der Waals surface area contributed by atoms with Gasteiger partial charge in [-0.2, -0.15) is 13.2 Å². The maximum Gasteiger partial charge on any atom is 0.418 e. The molecule has 2 heterocycles. The number of carbonyl (C=O) groups excluding carboxylic acids is 1. The van der Waals surface area contributed by atoms with Crippen molar-refractivity contribution in [3.8, 4) is 11.5 Å². The van der Waals surface area contributed by atoms with Crippen molar-refractivity contribution in [2.75, 3.05) is 19.5 Å². The summed E-state index contributed by atoms with van der Waals surface area (Å²) < 4.78 is 50.1. The van der Waals surface area contributed by atoms with Gasteiger partial charge in [-0.15, -0.1) is 11.3 Å². The maximum absolute atomic E-state index is 13.2. The summed E-state index contributed by atoms with van der Waals surface area (Å²) in [6.07, 6.45) is -2.41. The van der Waals surface area contributed by atoms with Gasteiger partial charge in [-0.25, -0.2) is 9.97 Å². The molecule has 1 amide bonds. The number of nitrogens with zero attached hydrogens (tertiary/aromatic N) is 2. The number of pyridine rings is 1. The lowest BCUT2D eigenvalue weighted by Gasteiger charge is -2.24. The van der Waals surface area contributed by atoms with Crippen molar-refractivity contribution in [1.82, 2.24) is 9.97 Å². The first kappa shape index (κ1) is 27.4. The molecule has 1 unspecified atom stereocenters. The number of ether oxygens (including phenoxy) is 2. The Balaban J connectivity index is 1.61. The second-order valence-electron chi connectivity index (χ2n) is 8.38. The number of nitrogens with one attached hydrogen (secondary N) is 1. The lowest BCUT2D eigenvalue weighted by atomic mass is 9.82. The fraction of sp³-hybridized carbons (Fsp3) is 0.222. The van der Waals surface area contributed by atoms with Crippen molar-refractivity contribution >= 4 is 34.7 Å². The van der Waals surface area contributed by atoms with Crippen molar-refractivity contribution in [2.45, 2.75) is 24.9 Å². The van der Waals surface area contributed by atoms with Gasteiger partial charge in [0, 0.05) is 18.0 Å². The number of rotatable bonds is 8. The SMILES string of the molecule is COc1ccc(C(c2ccc(OC)cc2)C(C)c2ncc(C(=O)Nc3cc(C(F)(F)F)c(Cl)cn3)s2)cc1. The van der Waals surface area contributed by atoms with Crippen molar-refractivity contribution in [2.24, 2.45) is 0 Å². The van der Waals surface area contributed by atoms with Crippen LogP contribution in [0.5, 0.6) is 11.5 Å². The van der Waals surface area contributed by atoms with Crippen molar-refractivity contribution in [3.63, 3.8) is 0 Å². The molecule has 4 aromatic rings. The van der Waals surface area contributed by atoms with E-state index in [9.17, 15) is 18.0 Å². The number of thiazole rings is 1. The molecular formula is C27H23ClF3N3O3S. The van der Waals surface area contributed by atoms with Crippen LogP contribution in [-0.2, 0) is 6.18 Å². The van der Waals surface area contributed by atoms with E-state index in [1.165, 1.54) is 17.5 Å². The maximum atomic E-state index is 13.2. The minimum absolute atomic E-state index is 0.110. The second-order valence-corrected chi connectivity index (χ2v) is 9.85. The lowest BCUT2D eigenvalue weighted by molar-refractivity contribution is -0.137. The summed E-state index contributed by atoms with van der Waals surface area (Å²) in [6.45, 7) is 2.01. The molecule has 0 saturated carbocycles. The predicted molar refractivity (Wildman–Crippen MR) is 141 cm³/mol. The predicted octanol–water partition coefficient (Wildman–Crippen LogP) is 7.42. The lowest BCUT2D eigenvalue weighted by Crippen LogP contribution is -2.13. The Labute approximate surface area is 226 Å². The molecule has 0 fully saturated rings. The molecule has 11 heteroatoms. The molecule has 0 aliphatic heterocycles. The minimum atomic E-state index is -4.68. The highest BCUT2D eigenvalue weighted by molar-refractivity contribution is 7.13. The average Bonchev–Trinajstić information content (AvgIpc) is 3.41. The zero-order valence-electron chi connectivity index (χ0n) is 20.5. The summed E-state index contributed by atoms with van der Waals surface area (Å²) in [7, 11) is 3.20. The van der Waals surface area contributed by atoms with Crippen LogP contribution < -0.4 is 14.8 Å². The van der Waals surface area contributed by atoms with Crippen LogP contribution in [0.2, 0.25) is 5.02 Å². The summed E-state index contributed by atoms with van der Waals surface area (Å²) in [5, 5.41) is 2.54. The van der Waals surface area contributed by atoms with Gasteiger partial charge in [-0.3, -0.25) is 4.79 Å². The van der Waals surface area contributed by atoms with E-state index in [4.69, 9.17) is 21.1 Å². The Bertz CT molecular complexity index is 1360. The number of hydrogen-bond donors (Lipinski definition) is 1. The molecule has 1 atom stereocenters. The number of hydrogen-bond acceptors (Lipinski definition) is 6. The van der Waals surface area contributed by atoms with Gasteiger partial charge in [0.2, 0.25) is 0 Å². The van der Waals surface area contributed by atoms with Crippen LogP contribution in [0.3, 0.4) is 0 Å². The summed E-state index contributed by atoms with van der Waals surface area (Å²) in [5.74, 6) is 0.327. The van der Waals surface area contributed by atoms with Crippen molar-refractivity contribution in [1.29, 1.82) is 0 Å². The summed E-state index contributed by atoms with van der Waals surface area (Å²) in [5.41, 5.74) is 0.967. The topological polar surface area (TPSA) is 73.3 Å². The molecule has 0 aliphatic carbocycles. The van der Waals surface area contributed by atoms with Crippen LogP contribution in [0.25, 0.3) is 0 Å². The van der Waals surface area contributed by atoms with Gasteiger partial charge in [0.15, 0.2) is 0 Å². The van der Waals surface area contributed by atoms with Gasteiger partial charge >= 0.3 is 6.18 Å². The number of anilines is 1. The Hall–Kier alpha value is -3.63. The van der Waals surface area contributed by atoms with Crippen LogP contribution in [0.15, 0.2) is 67.0 Å². The molecule has 4 rings (SSSR count). The molecule has 6 nitrogen and oxygen atoms in total. The molecule has 2 aromatic carbocycles. The summed E-state index contributed by atoms with van der Waals surface area (Å²) >= 11 is 6.79. The zero-order chi connectivity index (χ0) is 27.4. The molecule has 2 aromatic heterocycles. The van der Waals surface area contributed by atoms with E-state index in [0.29, 0.717) is 11.1 Å². The number of halogens is 4. The van der Waals surface area contributed by atoms with Crippen LogP contribution in [0, 0.1) is 0 Å². The first-order valence-corrected chi connectivity index (χ1v) is 12.6. The zero-order valence-corrected chi connectivity index (χ0v) is 22.1. The molecule has 1 N–H and O–H groups in total. The van der Waals surface area contributed by atoms with E-state index < -0.39 is 22.7 Å². The van der Waals surface area contributed by atoms with E-state index in [-0.39, 0.29) is 22.5 Å². The highest BCUT2D eigenvalue weighted by Gasteiger charge is 2.34. The van der Waals surface area contributed by atoms with Gasteiger partial charge in [0.05, 0.1) is 36.0 Å². The first-order valence-electron chi connectivity index (χ1n) is 11.4. The third-order valence-electron chi connectivity index (χ3n) is 5.99. The molecule has 0 spiro atoms. The highest BCUT2D eigenvalue weighted by atomic mass is 35.5. The molecule has 0 bridgehead atoms. The molecule has 0 saturated heterocycles. The molecule has 0 aliphatic rings. The number of benzene rings is 2. The van der Waals surface area contributed by atoms with Crippen LogP contribution >= 0.6 is 22.9 Å². The van der Waals surface area contributed by atoms with Gasteiger partial charge in [-0.05, 0) is 41.5 Å². The number of carbonyl (C=O) groups is 1. The average molecular weight is 562 g/mol. The van der Waals surface area contributed by atoms with Gasteiger partial charge in [0.1, 0.15) is 22.2 Å². The monoisotopic (exact) mass is 561 g/mol. The first-order chi connectivity index (χ1) is 18.1. The van der Waals surface area contributed by atoms with Crippen LogP contribution in [0.4, 0.5) is 19.0 Å². The number of methoxy groups -OCH3 is 2. The fourth-order valence-corrected chi connectivity index (χ4v) is 5.15. The standard InChI is InChI=1S/C27H23ClF3N3O3S/c1-15(24(16-4-8-18(36-2)9-5-16)17-6-10-19(37-3)11-7-17)26-33-14-22(38-26)25(35)34-23-12-20(27(29,30)31)21(28)13-32-23/h4-15,24H,1-3H3,(H,32,34,35). The van der Waals surface area contributed by atoms with Gasteiger partial charge < -0.3 is 14.8 Å². The highest BCUT2D eigenvalue weighted by Crippen LogP contribution is 2.41. The third kappa shape index (κ3) is 6.08. The number of aromatic nitrogens is 2. The molecular weight excluding hydrogens is 539 g/mol. The Kier molecular flexibility index (Phi) is 8.23. The van der Waals surface area contributed by atoms with E-state index in [2.05, 4.69) is 15.3 Å². The van der Waals surface area contributed by atoms with Gasteiger partial charge in [-0.1, -0.05) is 42.8 Å². The van der Waals surface area contributed by atoms with Gasteiger partial charge in [0.25, 0.3) is 5.91 Å². The van der Waals surface area contributed by atoms with E-state index in [1.807, 2.05) is 55.5 Å². The van der Waals surface area contributed by atoms with Crippen molar-refractivity contribution < 1.29 is 27.4 Å². The minimum Gasteiger partial charge on any atom is -0.497 e. The van der Waals surface area contributed by atoms with E-state index in [0.717, 1.165) is 28.8 Å². The fourth-order valence-electron chi connectivity index (χ4n) is 4.04. The second kappa shape index (κ2) is 11.4. The number of amides is 1. The largest absolute Gasteiger partial charge is 0.497 e. The van der Waals surface area contributed by atoms with E-state index in [1.54, 1.807) is 14.2 Å². The number of alkyl halides is 3. The van der Waals surface area contributed by atoms with Crippen LogP contribution in [0.1, 0.15) is 50.1 Å². The molecule has 0 radical (unpaired) electrons. The summed E-state index contributed by atoms with van der Waals surface area (Å²) in [4.78, 5) is 21.3.